The molecule has 10 heavy (non-hydrogen) atoms. The van der Waals surface area contributed by atoms with E-state index in [1.807, 2.05) is 0 Å². The molecule has 1 aliphatic carbocycles. The minimum atomic E-state index is 0.269. The van der Waals surface area contributed by atoms with Crippen LogP contribution in [-0.2, 0) is 0 Å². The molecule has 0 saturated heterocycles. The van der Waals surface area contributed by atoms with E-state index in [-0.39, 0.29) is 6.61 Å². The molecular weight excluding hydrogens is 126 g/mol. The Morgan fingerprint density at radius 3 is 2.80 bits per heavy atom. The monoisotopic (exact) mass is 143 g/mol. The van der Waals surface area contributed by atoms with Gasteiger partial charge in [0.25, 0.3) is 0 Å². The molecule has 1 aliphatic rings. The molecule has 0 spiro atoms. The van der Waals surface area contributed by atoms with Gasteiger partial charge >= 0.3 is 0 Å². The maximum Gasteiger partial charge on any atom is 0.0556 e. The summed E-state index contributed by atoms with van der Waals surface area (Å²) in [6.07, 6.45) is 3.93. The first kappa shape index (κ1) is 8.02. The Balaban J connectivity index is 2.06. The third-order valence-electron chi connectivity index (χ3n) is 2.24. The molecule has 1 saturated carbocycles. The highest BCUT2D eigenvalue weighted by Crippen LogP contribution is 2.24. The van der Waals surface area contributed by atoms with E-state index in [0.717, 1.165) is 12.5 Å². The molecular formula is C8H17NO. The molecule has 1 rings (SSSR count). The van der Waals surface area contributed by atoms with Crippen LogP contribution in [0, 0.1) is 5.92 Å². The molecule has 0 aromatic rings. The van der Waals surface area contributed by atoms with Gasteiger partial charge in [0.05, 0.1) is 6.61 Å². The molecule has 60 valence electrons. The van der Waals surface area contributed by atoms with Gasteiger partial charge < -0.3 is 10.4 Å². The van der Waals surface area contributed by atoms with Gasteiger partial charge in [-0.25, -0.2) is 0 Å². The van der Waals surface area contributed by atoms with Crippen molar-refractivity contribution in [2.45, 2.75) is 32.2 Å². The Hall–Kier alpha value is -0.0800. The Bertz CT molecular complexity index is 95.3. The maximum absolute atomic E-state index is 8.53. The van der Waals surface area contributed by atoms with Crippen molar-refractivity contribution >= 4 is 0 Å². The zero-order chi connectivity index (χ0) is 7.40. The van der Waals surface area contributed by atoms with Crippen LogP contribution in [0.2, 0.25) is 0 Å². The summed E-state index contributed by atoms with van der Waals surface area (Å²) in [5.41, 5.74) is 0. The fraction of sp³-hybridized carbons (Fsp3) is 1.00. The third kappa shape index (κ3) is 2.27. The van der Waals surface area contributed by atoms with Crippen molar-refractivity contribution in [3.8, 4) is 0 Å². The normalized spacial score (nSPS) is 33.0. The second-order valence-corrected chi connectivity index (χ2v) is 3.29. The Morgan fingerprint density at radius 1 is 1.50 bits per heavy atom. The average molecular weight is 143 g/mol. The molecule has 1 fully saturated rings. The molecule has 0 unspecified atom stereocenters. The molecule has 0 bridgehead atoms. The molecule has 0 aromatic heterocycles. The van der Waals surface area contributed by atoms with E-state index in [1.54, 1.807) is 0 Å². The van der Waals surface area contributed by atoms with E-state index >= 15 is 0 Å². The van der Waals surface area contributed by atoms with Gasteiger partial charge in [0.1, 0.15) is 0 Å². The smallest absolute Gasteiger partial charge is 0.0556 e. The van der Waals surface area contributed by atoms with E-state index in [2.05, 4.69) is 12.2 Å². The average Bonchev–Trinajstić information content (AvgIpc) is 2.31. The second kappa shape index (κ2) is 3.94. The Kier molecular flexibility index (Phi) is 3.16. The van der Waals surface area contributed by atoms with Gasteiger partial charge in [-0.05, 0) is 25.2 Å². The molecule has 0 aliphatic heterocycles. The first-order valence-corrected chi connectivity index (χ1v) is 4.17. The van der Waals surface area contributed by atoms with Crippen LogP contribution in [0.3, 0.4) is 0 Å². The highest BCUT2D eigenvalue weighted by Gasteiger charge is 2.19. The number of nitrogens with one attached hydrogen (secondary N) is 1. The SMILES string of the molecule is C[C@@H]1CC[C@H](NCCO)C1. The van der Waals surface area contributed by atoms with Crippen molar-refractivity contribution in [1.82, 2.24) is 5.32 Å². The predicted octanol–water partition coefficient (Wildman–Crippen LogP) is 0.757. The van der Waals surface area contributed by atoms with Gasteiger partial charge in [-0.2, -0.15) is 0 Å². The van der Waals surface area contributed by atoms with Gasteiger partial charge in [0.2, 0.25) is 0 Å². The first-order chi connectivity index (χ1) is 4.83. The fourth-order valence-electron chi connectivity index (χ4n) is 1.66. The minimum Gasteiger partial charge on any atom is -0.395 e. The highest BCUT2D eigenvalue weighted by atomic mass is 16.3. The zero-order valence-corrected chi connectivity index (χ0v) is 6.64. The predicted molar refractivity (Wildman–Crippen MR) is 41.9 cm³/mol. The van der Waals surface area contributed by atoms with Gasteiger partial charge in [-0.1, -0.05) is 6.92 Å². The number of rotatable bonds is 3. The van der Waals surface area contributed by atoms with E-state index < -0.39 is 0 Å². The molecule has 0 radical (unpaired) electrons. The Labute approximate surface area is 62.6 Å². The van der Waals surface area contributed by atoms with Crippen LogP contribution in [0.4, 0.5) is 0 Å². The van der Waals surface area contributed by atoms with E-state index in [9.17, 15) is 0 Å². The van der Waals surface area contributed by atoms with Gasteiger partial charge in [0, 0.05) is 12.6 Å². The quantitative estimate of drug-likeness (QED) is 0.611. The summed E-state index contributed by atoms with van der Waals surface area (Å²) in [4.78, 5) is 0. The largest absolute Gasteiger partial charge is 0.395 e. The van der Waals surface area contributed by atoms with E-state index in [4.69, 9.17) is 5.11 Å². The van der Waals surface area contributed by atoms with Gasteiger partial charge in [-0.15, -0.1) is 0 Å². The number of hydrogen-bond donors (Lipinski definition) is 2. The summed E-state index contributed by atoms with van der Waals surface area (Å²) in [6.45, 7) is 3.32. The van der Waals surface area contributed by atoms with Crippen LogP contribution in [-0.4, -0.2) is 24.3 Å². The zero-order valence-electron chi connectivity index (χ0n) is 6.64. The molecule has 0 aromatic carbocycles. The van der Waals surface area contributed by atoms with Crippen molar-refractivity contribution in [2.24, 2.45) is 5.92 Å². The van der Waals surface area contributed by atoms with Crippen LogP contribution < -0.4 is 5.32 Å². The number of aliphatic hydroxyl groups is 1. The standard InChI is InChI=1S/C8H17NO/c1-7-2-3-8(6-7)9-4-5-10/h7-10H,2-6H2,1H3/t7-,8+/m1/s1. The Morgan fingerprint density at radius 2 is 2.30 bits per heavy atom. The van der Waals surface area contributed by atoms with Crippen LogP contribution in [0.1, 0.15) is 26.2 Å². The number of hydrogen-bond acceptors (Lipinski definition) is 2. The highest BCUT2D eigenvalue weighted by molar-refractivity contribution is 4.77. The summed E-state index contributed by atoms with van der Waals surface area (Å²) in [6, 6.07) is 0.683. The van der Waals surface area contributed by atoms with Crippen molar-refractivity contribution in [2.75, 3.05) is 13.2 Å². The van der Waals surface area contributed by atoms with Crippen LogP contribution >= 0.6 is 0 Å². The summed E-state index contributed by atoms with van der Waals surface area (Å²) in [5, 5.41) is 11.8. The molecule has 2 nitrogen and oxygen atoms in total. The first-order valence-electron chi connectivity index (χ1n) is 4.17. The van der Waals surface area contributed by atoms with Gasteiger partial charge in [-0.3, -0.25) is 0 Å². The summed E-state index contributed by atoms with van der Waals surface area (Å²) in [5.74, 6) is 0.885. The lowest BCUT2D eigenvalue weighted by Gasteiger charge is -2.09. The summed E-state index contributed by atoms with van der Waals surface area (Å²) >= 11 is 0. The van der Waals surface area contributed by atoms with Crippen LogP contribution in [0.5, 0.6) is 0 Å². The fourth-order valence-corrected chi connectivity index (χ4v) is 1.66. The molecule has 0 amide bonds. The van der Waals surface area contributed by atoms with Crippen molar-refractivity contribution in [1.29, 1.82) is 0 Å². The molecule has 2 heteroatoms. The van der Waals surface area contributed by atoms with Crippen molar-refractivity contribution < 1.29 is 5.11 Å². The van der Waals surface area contributed by atoms with Gasteiger partial charge in [0.15, 0.2) is 0 Å². The van der Waals surface area contributed by atoms with Crippen LogP contribution in [0.25, 0.3) is 0 Å². The topological polar surface area (TPSA) is 32.3 Å². The molecule has 2 atom stereocenters. The number of aliphatic hydroxyl groups excluding tert-OH is 1. The maximum atomic E-state index is 8.53. The van der Waals surface area contributed by atoms with E-state index in [1.165, 1.54) is 19.3 Å². The van der Waals surface area contributed by atoms with Crippen molar-refractivity contribution in [3.63, 3.8) is 0 Å². The summed E-state index contributed by atoms with van der Waals surface area (Å²) < 4.78 is 0. The van der Waals surface area contributed by atoms with Crippen LogP contribution in [0.15, 0.2) is 0 Å². The van der Waals surface area contributed by atoms with Crippen molar-refractivity contribution in [3.05, 3.63) is 0 Å². The summed E-state index contributed by atoms with van der Waals surface area (Å²) in [7, 11) is 0. The lowest BCUT2D eigenvalue weighted by Crippen LogP contribution is -2.28. The third-order valence-corrected chi connectivity index (χ3v) is 2.24. The lowest BCUT2D eigenvalue weighted by molar-refractivity contribution is 0.283. The second-order valence-electron chi connectivity index (χ2n) is 3.29. The minimum absolute atomic E-state index is 0.269. The lowest BCUT2D eigenvalue weighted by atomic mass is 10.1. The molecule has 0 heterocycles. The molecule has 2 N–H and O–H groups in total. The van der Waals surface area contributed by atoms with E-state index in [0.29, 0.717) is 6.04 Å².